The second-order valence-electron chi connectivity index (χ2n) is 4.31. The lowest BCUT2D eigenvalue weighted by Gasteiger charge is -2.19. The molecule has 0 heterocycles. The third kappa shape index (κ3) is 4.20. The van der Waals surface area contributed by atoms with E-state index in [0.717, 1.165) is 12.7 Å². The van der Waals surface area contributed by atoms with E-state index in [1.54, 1.807) is 31.2 Å². The molecule has 98 valence electrons. The van der Waals surface area contributed by atoms with E-state index in [9.17, 15) is 9.59 Å². The molecule has 0 saturated carbocycles. The van der Waals surface area contributed by atoms with Crippen LogP contribution in [0.1, 0.15) is 37.0 Å². The van der Waals surface area contributed by atoms with Gasteiger partial charge in [0, 0.05) is 5.56 Å². The highest BCUT2D eigenvalue weighted by atomic mass is 16.5. The van der Waals surface area contributed by atoms with E-state index in [0.29, 0.717) is 17.7 Å². The molecule has 0 fully saturated rings. The van der Waals surface area contributed by atoms with Crippen molar-refractivity contribution in [2.45, 2.75) is 32.8 Å². The number of ether oxygens (including phenoxy) is 1. The van der Waals surface area contributed by atoms with Gasteiger partial charge in [-0.05, 0) is 37.1 Å². The maximum absolute atomic E-state index is 10.8. The molecule has 0 aliphatic rings. The number of aliphatic carboxylic acids is 1. The van der Waals surface area contributed by atoms with Crippen LogP contribution in [0.2, 0.25) is 0 Å². The van der Waals surface area contributed by atoms with Gasteiger partial charge >= 0.3 is 5.97 Å². The minimum absolute atomic E-state index is 0.127. The molecular formula is C14H18O4. The molecule has 1 rings (SSSR count). The molecule has 0 spiro atoms. The van der Waals surface area contributed by atoms with Gasteiger partial charge in [0.2, 0.25) is 0 Å². The van der Waals surface area contributed by atoms with Crippen molar-refractivity contribution in [3.8, 4) is 5.75 Å². The molecule has 0 radical (unpaired) electrons. The van der Waals surface area contributed by atoms with Crippen LogP contribution >= 0.6 is 0 Å². The zero-order valence-electron chi connectivity index (χ0n) is 10.6. The fraction of sp³-hybridized carbons (Fsp3) is 0.429. The molecule has 1 N–H and O–H groups in total. The third-order valence-corrected chi connectivity index (χ3v) is 2.81. The van der Waals surface area contributed by atoms with Crippen molar-refractivity contribution < 1.29 is 19.4 Å². The van der Waals surface area contributed by atoms with E-state index in [-0.39, 0.29) is 6.10 Å². The summed E-state index contributed by atoms with van der Waals surface area (Å²) in [5, 5.41) is 8.87. The number of benzene rings is 1. The third-order valence-electron chi connectivity index (χ3n) is 2.81. The van der Waals surface area contributed by atoms with Gasteiger partial charge in [-0.3, -0.25) is 9.59 Å². The minimum Gasteiger partial charge on any atom is -0.490 e. The summed E-state index contributed by atoms with van der Waals surface area (Å²) >= 11 is 0. The maximum Gasteiger partial charge on any atom is 0.306 e. The van der Waals surface area contributed by atoms with Gasteiger partial charge in [0.15, 0.2) is 0 Å². The number of hydrogen-bond donors (Lipinski definition) is 1. The summed E-state index contributed by atoms with van der Waals surface area (Å²) in [6, 6.07) is 6.79. The lowest BCUT2D eigenvalue weighted by molar-refractivity contribution is -0.142. The van der Waals surface area contributed by atoms with Gasteiger partial charge < -0.3 is 9.84 Å². The molecule has 4 nitrogen and oxygen atoms in total. The van der Waals surface area contributed by atoms with Crippen molar-refractivity contribution in [3.05, 3.63) is 29.8 Å². The molecule has 0 amide bonds. The Morgan fingerprint density at radius 3 is 2.44 bits per heavy atom. The van der Waals surface area contributed by atoms with Crippen LogP contribution in [0.3, 0.4) is 0 Å². The Kier molecular flexibility index (Phi) is 5.36. The van der Waals surface area contributed by atoms with Gasteiger partial charge in [0.1, 0.15) is 12.0 Å². The molecule has 18 heavy (non-hydrogen) atoms. The second-order valence-corrected chi connectivity index (χ2v) is 4.31. The van der Waals surface area contributed by atoms with Crippen LogP contribution in [-0.4, -0.2) is 23.5 Å². The van der Waals surface area contributed by atoms with Crippen molar-refractivity contribution in [2.24, 2.45) is 5.92 Å². The molecule has 1 aromatic rings. The first-order chi connectivity index (χ1) is 8.56. The summed E-state index contributed by atoms with van der Waals surface area (Å²) in [6.07, 6.45) is 1.86. The van der Waals surface area contributed by atoms with Crippen molar-refractivity contribution in [2.75, 3.05) is 0 Å². The second kappa shape index (κ2) is 6.79. The Morgan fingerprint density at radius 1 is 1.39 bits per heavy atom. The Labute approximate surface area is 107 Å². The van der Waals surface area contributed by atoms with Crippen molar-refractivity contribution in [1.82, 2.24) is 0 Å². The molecule has 0 saturated heterocycles. The van der Waals surface area contributed by atoms with Gasteiger partial charge in [-0.1, -0.05) is 13.8 Å². The maximum atomic E-state index is 10.8. The van der Waals surface area contributed by atoms with Crippen LogP contribution in [0, 0.1) is 5.92 Å². The quantitative estimate of drug-likeness (QED) is 0.756. The topological polar surface area (TPSA) is 63.6 Å². The standard InChI is InChI=1S/C14H18O4/c1-3-12(8-10(2)14(16)17)18-13-6-4-11(9-15)5-7-13/h4-7,9-10,12H,3,8H2,1-2H3,(H,16,17). The number of hydrogen-bond acceptors (Lipinski definition) is 3. The lowest BCUT2D eigenvalue weighted by atomic mass is 10.0. The summed E-state index contributed by atoms with van der Waals surface area (Å²) < 4.78 is 5.70. The van der Waals surface area contributed by atoms with E-state index >= 15 is 0 Å². The number of carbonyl (C=O) groups excluding carboxylic acids is 1. The summed E-state index contributed by atoms with van der Waals surface area (Å²) in [4.78, 5) is 21.3. The predicted octanol–water partition coefficient (Wildman–Crippen LogP) is 2.77. The molecule has 2 unspecified atom stereocenters. The van der Waals surface area contributed by atoms with Gasteiger partial charge in [-0.15, -0.1) is 0 Å². The average Bonchev–Trinajstić information content (AvgIpc) is 2.38. The largest absolute Gasteiger partial charge is 0.490 e. The zero-order valence-corrected chi connectivity index (χ0v) is 10.6. The summed E-state index contributed by atoms with van der Waals surface area (Å²) in [5.41, 5.74) is 0.592. The molecule has 0 bridgehead atoms. The highest BCUT2D eigenvalue weighted by molar-refractivity contribution is 5.74. The van der Waals surface area contributed by atoms with Gasteiger partial charge in [-0.2, -0.15) is 0 Å². The average molecular weight is 250 g/mol. The highest BCUT2D eigenvalue weighted by Gasteiger charge is 2.18. The molecule has 0 aromatic heterocycles. The van der Waals surface area contributed by atoms with E-state index in [4.69, 9.17) is 9.84 Å². The van der Waals surface area contributed by atoms with Crippen LogP contribution in [0.15, 0.2) is 24.3 Å². The van der Waals surface area contributed by atoms with Crippen molar-refractivity contribution in [1.29, 1.82) is 0 Å². The SMILES string of the molecule is CCC(CC(C)C(=O)O)Oc1ccc(C=O)cc1. The Balaban J connectivity index is 2.61. The number of aldehydes is 1. The Hall–Kier alpha value is -1.84. The minimum atomic E-state index is -0.812. The molecular weight excluding hydrogens is 232 g/mol. The molecule has 0 aliphatic heterocycles. The zero-order chi connectivity index (χ0) is 13.5. The summed E-state index contributed by atoms with van der Waals surface area (Å²) in [7, 11) is 0. The summed E-state index contributed by atoms with van der Waals surface area (Å²) in [6.45, 7) is 3.63. The number of carboxylic acids is 1. The Morgan fingerprint density at radius 2 is 2.00 bits per heavy atom. The Bertz CT molecular complexity index is 397. The number of carboxylic acid groups (broad SMARTS) is 1. The summed E-state index contributed by atoms with van der Waals surface area (Å²) in [5.74, 6) is -0.581. The monoisotopic (exact) mass is 250 g/mol. The van der Waals surface area contributed by atoms with Crippen LogP contribution in [0.5, 0.6) is 5.75 Å². The van der Waals surface area contributed by atoms with Crippen LogP contribution in [0.25, 0.3) is 0 Å². The van der Waals surface area contributed by atoms with Gasteiger partial charge in [-0.25, -0.2) is 0 Å². The first kappa shape index (κ1) is 14.2. The first-order valence-corrected chi connectivity index (χ1v) is 6.01. The fourth-order valence-corrected chi connectivity index (χ4v) is 1.61. The molecule has 1 aromatic carbocycles. The van der Waals surface area contributed by atoms with Gasteiger partial charge in [0.25, 0.3) is 0 Å². The van der Waals surface area contributed by atoms with Gasteiger partial charge in [0.05, 0.1) is 12.0 Å². The van der Waals surface area contributed by atoms with Crippen molar-refractivity contribution in [3.63, 3.8) is 0 Å². The van der Waals surface area contributed by atoms with Crippen LogP contribution in [-0.2, 0) is 4.79 Å². The fourth-order valence-electron chi connectivity index (χ4n) is 1.61. The number of carbonyl (C=O) groups is 2. The highest BCUT2D eigenvalue weighted by Crippen LogP contribution is 2.18. The molecule has 4 heteroatoms. The molecule has 2 atom stereocenters. The molecule has 0 aliphatic carbocycles. The van der Waals surface area contributed by atoms with E-state index in [2.05, 4.69) is 0 Å². The lowest BCUT2D eigenvalue weighted by Crippen LogP contribution is -2.22. The number of rotatable bonds is 7. The predicted molar refractivity (Wildman–Crippen MR) is 68.0 cm³/mol. The smallest absolute Gasteiger partial charge is 0.306 e. The van der Waals surface area contributed by atoms with E-state index < -0.39 is 11.9 Å². The first-order valence-electron chi connectivity index (χ1n) is 6.01. The van der Waals surface area contributed by atoms with Crippen LogP contribution < -0.4 is 4.74 Å². The van der Waals surface area contributed by atoms with Crippen molar-refractivity contribution >= 4 is 12.3 Å². The van der Waals surface area contributed by atoms with E-state index in [1.807, 2.05) is 6.92 Å². The van der Waals surface area contributed by atoms with Crippen LogP contribution in [0.4, 0.5) is 0 Å². The van der Waals surface area contributed by atoms with E-state index in [1.165, 1.54) is 0 Å². The normalized spacial score (nSPS) is 13.7.